The smallest absolute Gasteiger partial charge is 0.338 e. The molecule has 0 saturated carbocycles. The zero-order chi connectivity index (χ0) is 31.3. The van der Waals surface area contributed by atoms with Gasteiger partial charge in [-0.2, -0.15) is 5.26 Å². The number of carbonyl (C=O) groups is 1. The average molecular weight is 625 g/mol. The van der Waals surface area contributed by atoms with E-state index in [4.69, 9.17) is 9.73 Å². The number of esters is 1. The van der Waals surface area contributed by atoms with E-state index in [0.717, 1.165) is 58.8 Å². The second-order valence-electron chi connectivity index (χ2n) is 11.8. The van der Waals surface area contributed by atoms with Gasteiger partial charge >= 0.3 is 5.97 Å². The highest BCUT2D eigenvalue weighted by atomic mass is 32.1. The van der Waals surface area contributed by atoms with E-state index in [1.165, 1.54) is 27.3 Å². The van der Waals surface area contributed by atoms with Crippen molar-refractivity contribution in [2.75, 3.05) is 6.61 Å². The van der Waals surface area contributed by atoms with Crippen molar-refractivity contribution in [2.45, 2.75) is 79.2 Å². The number of thiophene rings is 1. The minimum absolute atomic E-state index is 0.199. The lowest BCUT2D eigenvalue weighted by atomic mass is 9.93. The maximum absolute atomic E-state index is 14.2. The van der Waals surface area contributed by atoms with Crippen LogP contribution in [0.4, 0.5) is 0 Å². The molecule has 1 aliphatic heterocycles. The number of benzene rings is 1. The monoisotopic (exact) mass is 624 g/mol. The summed E-state index contributed by atoms with van der Waals surface area (Å²) in [5.74, 6) is -0.104. The average Bonchev–Trinajstić information content (AvgIpc) is 3.61. The first-order chi connectivity index (χ1) is 21.1. The van der Waals surface area contributed by atoms with Crippen molar-refractivity contribution in [3.05, 3.63) is 105 Å². The van der Waals surface area contributed by atoms with Crippen LogP contribution in [0.3, 0.4) is 0 Å². The Balaban J connectivity index is 1.50. The molecule has 1 atom stereocenters. The molecule has 2 aliphatic rings. The summed E-state index contributed by atoms with van der Waals surface area (Å²) in [7, 11) is 0. The van der Waals surface area contributed by atoms with E-state index in [2.05, 4.69) is 42.7 Å². The molecule has 0 saturated heterocycles. The number of nitriles is 1. The van der Waals surface area contributed by atoms with Crippen molar-refractivity contribution in [3.8, 4) is 11.1 Å². The van der Waals surface area contributed by atoms with Crippen molar-refractivity contribution >= 4 is 34.7 Å². The van der Waals surface area contributed by atoms with Gasteiger partial charge in [-0.05, 0) is 93.7 Å². The molecule has 0 bridgehead atoms. The van der Waals surface area contributed by atoms with E-state index in [0.29, 0.717) is 26.5 Å². The lowest BCUT2D eigenvalue weighted by Gasteiger charge is -2.25. The van der Waals surface area contributed by atoms with Crippen LogP contribution in [0, 0.1) is 25.2 Å². The summed E-state index contributed by atoms with van der Waals surface area (Å²) >= 11 is 3.05. The molecule has 0 radical (unpaired) electrons. The molecule has 44 heavy (non-hydrogen) atoms. The normalized spacial score (nSPS) is 16.5. The number of nitrogens with zero attached hydrogens (tertiary/aromatic N) is 4. The van der Waals surface area contributed by atoms with Crippen molar-refractivity contribution in [1.29, 1.82) is 5.26 Å². The Kier molecular flexibility index (Phi) is 8.08. The number of ether oxygens (including phenoxy) is 1. The second kappa shape index (κ2) is 11.8. The van der Waals surface area contributed by atoms with E-state index in [-0.39, 0.29) is 12.2 Å². The predicted molar refractivity (Wildman–Crippen MR) is 175 cm³/mol. The van der Waals surface area contributed by atoms with Crippen LogP contribution in [0.25, 0.3) is 11.1 Å². The van der Waals surface area contributed by atoms with E-state index in [9.17, 15) is 14.9 Å². The molecule has 6 rings (SSSR count). The van der Waals surface area contributed by atoms with Gasteiger partial charge < -0.3 is 9.30 Å². The molecule has 1 aliphatic carbocycles. The van der Waals surface area contributed by atoms with Crippen LogP contribution in [0.5, 0.6) is 0 Å². The molecule has 0 N–H and O–H groups in total. The lowest BCUT2D eigenvalue weighted by Crippen LogP contribution is -2.39. The standard InChI is InChI=1S/C35H36N4O3S2/c1-7-42-34(41)30-21(5)37-35-39(31(30)24-14-12-23(13-15-24)19(2)3)32(40)29(44-35)17-25-16-20(4)38(22(25)6)33-27(18-36)26-10-8-9-11-28(26)43-33/h12-17,19,31H,7-11H2,1-6H3/b29-17+/t31-/m1/s1. The Bertz CT molecular complexity index is 2050. The second-order valence-corrected chi connectivity index (χ2v) is 13.9. The van der Waals surface area contributed by atoms with Gasteiger partial charge in [-0.1, -0.05) is 49.4 Å². The third-order valence-corrected chi connectivity index (χ3v) is 10.9. The summed E-state index contributed by atoms with van der Waals surface area (Å²) in [6.07, 6.45) is 6.18. The molecule has 4 aromatic rings. The first kappa shape index (κ1) is 30.0. The van der Waals surface area contributed by atoms with Gasteiger partial charge in [0.1, 0.15) is 11.1 Å². The molecule has 0 fully saturated rings. The molecule has 226 valence electrons. The Hall–Kier alpha value is -4.00. The molecule has 3 aromatic heterocycles. The highest BCUT2D eigenvalue weighted by Gasteiger charge is 2.33. The summed E-state index contributed by atoms with van der Waals surface area (Å²) in [6.45, 7) is 12.2. The maximum Gasteiger partial charge on any atom is 0.338 e. The Morgan fingerprint density at radius 1 is 1.16 bits per heavy atom. The molecule has 7 nitrogen and oxygen atoms in total. The molecule has 0 unspecified atom stereocenters. The van der Waals surface area contributed by atoms with Gasteiger partial charge in [-0.15, -0.1) is 11.3 Å². The largest absolute Gasteiger partial charge is 0.463 e. The van der Waals surface area contributed by atoms with Gasteiger partial charge in [0.05, 0.1) is 34.0 Å². The first-order valence-corrected chi connectivity index (χ1v) is 16.8. The number of aryl methyl sites for hydroxylation is 2. The van der Waals surface area contributed by atoms with Crippen LogP contribution in [0.15, 0.2) is 51.4 Å². The van der Waals surface area contributed by atoms with Crippen molar-refractivity contribution in [1.82, 2.24) is 9.13 Å². The minimum atomic E-state index is -0.642. The number of thiazole rings is 1. The van der Waals surface area contributed by atoms with Gasteiger partial charge in [-0.3, -0.25) is 9.36 Å². The molecule has 1 aromatic carbocycles. The summed E-state index contributed by atoms with van der Waals surface area (Å²) in [6, 6.07) is 12.0. The van der Waals surface area contributed by atoms with Gasteiger partial charge in [0, 0.05) is 16.3 Å². The van der Waals surface area contributed by atoms with E-state index < -0.39 is 12.0 Å². The SMILES string of the molecule is CCOC(=O)C1=C(C)N=c2s/c(=C/c3cc(C)n(-c4sc5c(c4C#N)CCCC5)c3C)c(=O)n2[C@@H]1c1ccc(C(C)C)cc1. The number of aromatic nitrogens is 2. The highest BCUT2D eigenvalue weighted by Crippen LogP contribution is 2.38. The van der Waals surface area contributed by atoms with E-state index in [1.54, 1.807) is 29.8 Å². The third-order valence-electron chi connectivity index (χ3n) is 8.66. The highest BCUT2D eigenvalue weighted by molar-refractivity contribution is 7.15. The van der Waals surface area contributed by atoms with Crippen LogP contribution in [-0.4, -0.2) is 21.7 Å². The summed E-state index contributed by atoms with van der Waals surface area (Å²) in [5.41, 5.74) is 7.65. The van der Waals surface area contributed by atoms with E-state index >= 15 is 0 Å². The summed E-state index contributed by atoms with van der Waals surface area (Å²) in [5, 5.41) is 11.1. The Morgan fingerprint density at radius 2 is 1.89 bits per heavy atom. The third kappa shape index (κ3) is 5.00. The Morgan fingerprint density at radius 3 is 2.57 bits per heavy atom. The molecule has 9 heteroatoms. The van der Waals surface area contributed by atoms with Gasteiger partial charge in [0.25, 0.3) is 5.56 Å². The number of hydrogen-bond acceptors (Lipinski definition) is 7. The zero-order valence-corrected chi connectivity index (χ0v) is 27.6. The molecular weight excluding hydrogens is 589 g/mol. The molecule has 0 amide bonds. The fourth-order valence-corrected chi connectivity index (χ4v) is 8.87. The van der Waals surface area contributed by atoms with Gasteiger partial charge in [0.2, 0.25) is 0 Å². The van der Waals surface area contributed by atoms with Crippen LogP contribution in [-0.2, 0) is 22.4 Å². The minimum Gasteiger partial charge on any atom is -0.463 e. The van der Waals surface area contributed by atoms with Gasteiger partial charge in [-0.25, -0.2) is 9.79 Å². The lowest BCUT2D eigenvalue weighted by molar-refractivity contribution is -0.139. The number of allylic oxidation sites excluding steroid dienone is 1. The first-order valence-electron chi connectivity index (χ1n) is 15.2. The summed E-state index contributed by atoms with van der Waals surface area (Å²) in [4.78, 5) is 34.0. The molecule has 0 spiro atoms. The zero-order valence-electron chi connectivity index (χ0n) is 26.0. The van der Waals surface area contributed by atoms with Crippen LogP contribution in [0.1, 0.15) is 96.6 Å². The van der Waals surface area contributed by atoms with Crippen molar-refractivity contribution < 1.29 is 9.53 Å². The van der Waals surface area contributed by atoms with Crippen LogP contribution >= 0.6 is 22.7 Å². The number of rotatable bonds is 6. The number of hydrogen-bond donors (Lipinski definition) is 0. The quantitative estimate of drug-likeness (QED) is 0.241. The van der Waals surface area contributed by atoms with Crippen molar-refractivity contribution in [3.63, 3.8) is 0 Å². The fraction of sp³-hybridized carbons (Fsp3) is 0.371. The van der Waals surface area contributed by atoms with Crippen LogP contribution in [0.2, 0.25) is 0 Å². The topological polar surface area (TPSA) is 89.4 Å². The fourth-order valence-electron chi connectivity index (χ4n) is 6.38. The summed E-state index contributed by atoms with van der Waals surface area (Å²) < 4.78 is 9.78. The van der Waals surface area contributed by atoms with Gasteiger partial charge in [0.15, 0.2) is 4.80 Å². The number of carbonyl (C=O) groups excluding carboxylic acids is 1. The Labute approximate surface area is 265 Å². The van der Waals surface area contributed by atoms with Crippen LogP contribution < -0.4 is 14.9 Å². The van der Waals surface area contributed by atoms with Crippen molar-refractivity contribution in [2.24, 2.45) is 4.99 Å². The van der Waals surface area contributed by atoms with E-state index in [1.807, 2.05) is 32.1 Å². The predicted octanol–water partition coefficient (Wildman–Crippen LogP) is 6.14. The maximum atomic E-state index is 14.2. The molecular formula is C35H36N4O3S2. The molecule has 4 heterocycles. The number of fused-ring (bicyclic) bond motifs is 2.